The Bertz CT molecular complexity index is 476. The maximum absolute atomic E-state index is 11.6. The molecule has 1 atom stereocenters. The lowest BCUT2D eigenvalue weighted by molar-refractivity contribution is -0.141. The van der Waals surface area contributed by atoms with Crippen molar-refractivity contribution in [3.63, 3.8) is 0 Å². The zero-order valence-electron chi connectivity index (χ0n) is 15.8. The maximum atomic E-state index is 11.6. The van der Waals surface area contributed by atoms with E-state index in [0.29, 0.717) is 18.6 Å². The van der Waals surface area contributed by atoms with Crippen molar-refractivity contribution in [3.05, 3.63) is 0 Å². The molecule has 0 spiro atoms. The molecule has 0 radical (unpaired) electrons. The van der Waals surface area contributed by atoms with Crippen LogP contribution >= 0.6 is 0 Å². The lowest BCUT2D eigenvalue weighted by Crippen LogP contribution is -2.40. The highest BCUT2D eigenvalue weighted by Gasteiger charge is 2.16. The van der Waals surface area contributed by atoms with Crippen LogP contribution in [0.15, 0.2) is 0 Å². The van der Waals surface area contributed by atoms with E-state index in [0.717, 1.165) is 51.4 Å². The number of nitrogens with one attached hydrogen (secondary N) is 1. The number of unbranched alkanes of at least 4 members (excludes halogenated alkanes) is 9. The van der Waals surface area contributed by atoms with Crippen molar-refractivity contribution in [1.82, 2.24) is 5.32 Å². The first-order valence-electron chi connectivity index (χ1n) is 9.46. The van der Waals surface area contributed by atoms with E-state index < -0.39 is 21.8 Å². The Morgan fingerprint density at radius 3 is 1.72 bits per heavy atom. The van der Waals surface area contributed by atoms with Crippen molar-refractivity contribution in [2.45, 2.75) is 90.0 Å². The Labute approximate surface area is 152 Å². The molecule has 0 rings (SSSR count). The van der Waals surface area contributed by atoms with Gasteiger partial charge in [-0.25, -0.2) is 13.2 Å². The van der Waals surface area contributed by atoms with Gasteiger partial charge in [0.15, 0.2) is 0 Å². The number of rotatable bonds is 16. The quantitative estimate of drug-likeness (QED) is 0.402. The SMILES string of the molecule is CCC(NC(=O)CCCCCCCCCCCCS(C)(=O)=O)C(=O)O. The van der Waals surface area contributed by atoms with Gasteiger partial charge in [-0.3, -0.25) is 4.79 Å². The zero-order valence-corrected chi connectivity index (χ0v) is 16.6. The van der Waals surface area contributed by atoms with Gasteiger partial charge in [0, 0.05) is 18.4 Å². The largest absolute Gasteiger partial charge is 0.480 e. The standard InChI is InChI=1S/C18H35NO5S/c1-3-16(18(21)22)19-17(20)14-12-10-8-6-4-5-7-9-11-13-15-25(2,23)24/h16H,3-15H2,1-2H3,(H,19,20)(H,21,22). The molecule has 0 aromatic rings. The number of carbonyl (C=O) groups excluding carboxylic acids is 1. The first-order chi connectivity index (χ1) is 11.8. The first-order valence-corrected chi connectivity index (χ1v) is 11.5. The smallest absolute Gasteiger partial charge is 0.326 e. The molecule has 1 unspecified atom stereocenters. The number of carboxylic acids is 1. The van der Waals surface area contributed by atoms with Crippen molar-refractivity contribution >= 4 is 21.7 Å². The molecule has 0 bridgehead atoms. The summed E-state index contributed by atoms with van der Waals surface area (Å²) in [4.78, 5) is 22.5. The van der Waals surface area contributed by atoms with E-state index in [-0.39, 0.29) is 5.91 Å². The molecule has 7 heteroatoms. The molecule has 0 saturated heterocycles. The molecule has 2 N–H and O–H groups in total. The number of aliphatic carboxylic acids is 1. The van der Waals surface area contributed by atoms with E-state index in [2.05, 4.69) is 5.32 Å². The average molecular weight is 378 g/mol. The van der Waals surface area contributed by atoms with Crippen LogP contribution < -0.4 is 5.32 Å². The fraction of sp³-hybridized carbons (Fsp3) is 0.889. The summed E-state index contributed by atoms with van der Waals surface area (Å²) in [5.74, 6) is -0.859. The molecule has 148 valence electrons. The highest BCUT2D eigenvalue weighted by molar-refractivity contribution is 7.90. The fourth-order valence-electron chi connectivity index (χ4n) is 2.67. The van der Waals surface area contributed by atoms with Gasteiger partial charge < -0.3 is 10.4 Å². The Balaban J connectivity index is 3.39. The molecule has 0 fully saturated rings. The summed E-state index contributed by atoms with van der Waals surface area (Å²) in [6.07, 6.45) is 12.5. The van der Waals surface area contributed by atoms with Crippen molar-refractivity contribution in [2.75, 3.05) is 12.0 Å². The highest BCUT2D eigenvalue weighted by atomic mass is 32.2. The monoisotopic (exact) mass is 377 g/mol. The minimum absolute atomic E-state index is 0.177. The molecule has 0 aromatic carbocycles. The van der Waals surface area contributed by atoms with Crippen molar-refractivity contribution < 1.29 is 23.1 Å². The molecule has 0 heterocycles. The zero-order chi connectivity index (χ0) is 19.1. The summed E-state index contributed by atoms with van der Waals surface area (Å²) < 4.78 is 22.0. The van der Waals surface area contributed by atoms with Crippen LogP contribution in [0.4, 0.5) is 0 Å². The van der Waals surface area contributed by atoms with Crippen LogP contribution in [0, 0.1) is 0 Å². The molecule has 0 aliphatic carbocycles. The van der Waals surface area contributed by atoms with Crippen LogP contribution in [0.5, 0.6) is 0 Å². The summed E-state index contributed by atoms with van der Waals surface area (Å²) in [5, 5.41) is 11.4. The summed E-state index contributed by atoms with van der Waals surface area (Å²) >= 11 is 0. The number of carbonyl (C=O) groups is 2. The van der Waals surface area contributed by atoms with Crippen LogP contribution in [-0.4, -0.2) is 43.5 Å². The van der Waals surface area contributed by atoms with Gasteiger partial charge in [0.1, 0.15) is 15.9 Å². The van der Waals surface area contributed by atoms with E-state index >= 15 is 0 Å². The first kappa shape index (κ1) is 23.9. The molecule has 0 aliphatic heterocycles. The number of hydrogen-bond acceptors (Lipinski definition) is 4. The fourth-order valence-corrected chi connectivity index (χ4v) is 3.40. The predicted octanol–water partition coefficient (Wildman–Crippen LogP) is 3.30. The predicted molar refractivity (Wildman–Crippen MR) is 100 cm³/mol. The molecule has 0 aromatic heterocycles. The summed E-state index contributed by atoms with van der Waals surface area (Å²) in [5.41, 5.74) is 0. The number of amides is 1. The third-order valence-corrected chi connectivity index (χ3v) is 5.24. The minimum atomic E-state index is -2.81. The van der Waals surface area contributed by atoms with Crippen molar-refractivity contribution in [3.8, 4) is 0 Å². The van der Waals surface area contributed by atoms with E-state index in [1.165, 1.54) is 19.1 Å². The van der Waals surface area contributed by atoms with E-state index in [9.17, 15) is 18.0 Å². The van der Waals surface area contributed by atoms with Crippen molar-refractivity contribution in [1.29, 1.82) is 0 Å². The lowest BCUT2D eigenvalue weighted by Gasteiger charge is -2.11. The Morgan fingerprint density at radius 2 is 1.32 bits per heavy atom. The number of carboxylic acid groups (broad SMARTS) is 1. The normalized spacial score (nSPS) is 12.7. The van der Waals surface area contributed by atoms with Gasteiger partial charge in [-0.05, 0) is 19.3 Å². The molecule has 0 aliphatic rings. The van der Waals surface area contributed by atoms with Gasteiger partial charge in [0.25, 0.3) is 0 Å². The van der Waals surface area contributed by atoms with Gasteiger partial charge in [0.05, 0.1) is 0 Å². The minimum Gasteiger partial charge on any atom is -0.480 e. The summed E-state index contributed by atoms with van der Waals surface area (Å²) in [7, 11) is -2.81. The van der Waals surface area contributed by atoms with E-state index in [1.54, 1.807) is 6.92 Å². The van der Waals surface area contributed by atoms with Gasteiger partial charge >= 0.3 is 5.97 Å². The van der Waals surface area contributed by atoms with Crippen molar-refractivity contribution in [2.24, 2.45) is 0 Å². The van der Waals surface area contributed by atoms with Crippen LogP contribution in [0.3, 0.4) is 0 Å². The van der Waals surface area contributed by atoms with Crippen LogP contribution in [0.25, 0.3) is 0 Å². The van der Waals surface area contributed by atoms with Gasteiger partial charge in [-0.1, -0.05) is 58.3 Å². The second-order valence-corrected chi connectivity index (χ2v) is 9.04. The van der Waals surface area contributed by atoms with Crippen LogP contribution in [0.1, 0.15) is 84.0 Å². The molecule has 25 heavy (non-hydrogen) atoms. The van der Waals surface area contributed by atoms with Gasteiger partial charge in [0.2, 0.25) is 5.91 Å². The Hall–Kier alpha value is -1.11. The summed E-state index contributed by atoms with van der Waals surface area (Å²) in [6, 6.07) is -0.773. The Morgan fingerprint density at radius 1 is 0.880 bits per heavy atom. The third-order valence-electron chi connectivity index (χ3n) is 4.21. The number of sulfone groups is 1. The molecule has 0 saturated carbocycles. The van der Waals surface area contributed by atoms with E-state index in [1.807, 2.05) is 0 Å². The third kappa shape index (κ3) is 16.1. The van der Waals surface area contributed by atoms with Gasteiger partial charge in [-0.15, -0.1) is 0 Å². The lowest BCUT2D eigenvalue weighted by atomic mass is 10.1. The molecule has 6 nitrogen and oxygen atoms in total. The Kier molecular flexibility index (Phi) is 13.5. The topological polar surface area (TPSA) is 101 Å². The van der Waals surface area contributed by atoms with Gasteiger partial charge in [-0.2, -0.15) is 0 Å². The molecule has 1 amide bonds. The number of hydrogen-bond donors (Lipinski definition) is 2. The highest BCUT2D eigenvalue weighted by Crippen LogP contribution is 2.11. The molecular weight excluding hydrogens is 342 g/mol. The van der Waals surface area contributed by atoms with Crippen LogP contribution in [-0.2, 0) is 19.4 Å². The molecular formula is C18H35NO5S. The second kappa shape index (κ2) is 14.1. The maximum Gasteiger partial charge on any atom is 0.326 e. The average Bonchev–Trinajstić information content (AvgIpc) is 2.52. The van der Waals surface area contributed by atoms with E-state index in [4.69, 9.17) is 5.11 Å². The van der Waals surface area contributed by atoms with Crippen LogP contribution in [0.2, 0.25) is 0 Å². The summed E-state index contributed by atoms with van der Waals surface area (Å²) in [6.45, 7) is 1.74. The second-order valence-electron chi connectivity index (χ2n) is 6.78.